The monoisotopic (exact) mass is 272 g/mol. The Hall–Kier alpha value is -0.160. The maximum absolute atomic E-state index is 9.22. The van der Waals surface area contributed by atoms with Gasteiger partial charge in [-0.3, -0.25) is 0 Å². The number of ether oxygens (including phenoxy) is 1. The molecule has 1 fully saturated rings. The molecular weight excluding hydrogens is 240 g/mol. The topological polar surface area (TPSA) is 44.7 Å². The predicted molar refractivity (Wildman–Crippen MR) is 79.5 cm³/mol. The van der Waals surface area contributed by atoms with Crippen molar-refractivity contribution in [1.29, 1.82) is 0 Å². The molecule has 2 N–H and O–H groups in total. The highest BCUT2D eigenvalue weighted by Gasteiger charge is 2.36. The van der Waals surface area contributed by atoms with E-state index in [-0.39, 0.29) is 12.0 Å². The predicted octanol–water partition coefficient (Wildman–Crippen LogP) is 1.49. The van der Waals surface area contributed by atoms with Gasteiger partial charge >= 0.3 is 0 Å². The molecule has 4 heteroatoms. The average Bonchev–Trinajstić information content (AvgIpc) is 2.85. The lowest BCUT2D eigenvalue weighted by Gasteiger charge is -2.34. The second-order valence-electron chi connectivity index (χ2n) is 5.83. The van der Waals surface area contributed by atoms with Crippen molar-refractivity contribution in [3.05, 3.63) is 0 Å². The smallest absolute Gasteiger partial charge is 0.0558 e. The summed E-state index contributed by atoms with van der Waals surface area (Å²) in [4.78, 5) is 2.41. The third-order valence-electron chi connectivity index (χ3n) is 3.91. The first-order valence-corrected chi connectivity index (χ1v) is 7.88. The molecule has 0 aromatic heterocycles. The van der Waals surface area contributed by atoms with Gasteiger partial charge < -0.3 is 20.1 Å². The number of nitrogens with one attached hydrogen (secondary N) is 1. The van der Waals surface area contributed by atoms with Gasteiger partial charge in [0.1, 0.15) is 0 Å². The van der Waals surface area contributed by atoms with Gasteiger partial charge in [0.15, 0.2) is 0 Å². The lowest BCUT2D eigenvalue weighted by Crippen LogP contribution is -2.46. The highest BCUT2D eigenvalue weighted by atomic mass is 16.5. The fourth-order valence-electron chi connectivity index (χ4n) is 2.77. The van der Waals surface area contributed by atoms with E-state index >= 15 is 0 Å². The number of nitrogens with zero attached hydrogens (tertiary/aromatic N) is 1. The van der Waals surface area contributed by atoms with E-state index in [0.717, 1.165) is 52.4 Å². The summed E-state index contributed by atoms with van der Waals surface area (Å²) in [7, 11) is 0. The molecule has 0 spiro atoms. The number of aliphatic hydroxyl groups is 1. The first-order chi connectivity index (χ1) is 9.26. The molecule has 1 rings (SSSR count). The zero-order chi connectivity index (χ0) is 14.0. The Kier molecular flexibility index (Phi) is 8.62. The van der Waals surface area contributed by atoms with Crippen LogP contribution in [0.1, 0.15) is 39.5 Å². The van der Waals surface area contributed by atoms with Gasteiger partial charge in [-0.1, -0.05) is 20.3 Å². The van der Waals surface area contributed by atoms with Gasteiger partial charge in [0.2, 0.25) is 0 Å². The number of hydrogen-bond donors (Lipinski definition) is 2. The van der Waals surface area contributed by atoms with Gasteiger partial charge in [0.05, 0.1) is 13.2 Å². The minimum Gasteiger partial charge on any atom is -0.395 e. The maximum Gasteiger partial charge on any atom is 0.0558 e. The first kappa shape index (κ1) is 16.9. The van der Waals surface area contributed by atoms with Crippen LogP contribution in [0.15, 0.2) is 0 Å². The highest BCUT2D eigenvalue weighted by molar-refractivity contribution is 4.88. The molecule has 1 atom stereocenters. The Morgan fingerprint density at radius 1 is 1.26 bits per heavy atom. The SMILES string of the molecule is CCCCN(CCO)CC1(CNCCC)CCOC1. The van der Waals surface area contributed by atoms with Crippen molar-refractivity contribution in [2.45, 2.75) is 39.5 Å². The van der Waals surface area contributed by atoms with Crippen LogP contribution in [-0.2, 0) is 4.74 Å². The van der Waals surface area contributed by atoms with Gasteiger partial charge in [0.25, 0.3) is 0 Å². The van der Waals surface area contributed by atoms with E-state index in [1.807, 2.05) is 0 Å². The largest absolute Gasteiger partial charge is 0.395 e. The summed E-state index contributed by atoms with van der Waals surface area (Å²) in [6.07, 6.45) is 4.73. The van der Waals surface area contributed by atoms with Crippen LogP contribution in [0.4, 0.5) is 0 Å². The Morgan fingerprint density at radius 2 is 2.11 bits per heavy atom. The molecule has 0 saturated carbocycles. The van der Waals surface area contributed by atoms with Crippen molar-refractivity contribution < 1.29 is 9.84 Å². The van der Waals surface area contributed by atoms with E-state index in [4.69, 9.17) is 4.74 Å². The Balaban J connectivity index is 2.48. The van der Waals surface area contributed by atoms with Crippen molar-refractivity contribution >= 4 is 0 Å². The van der Waals surface area contributed by atoms with E-state index in [9.17, 15) is 5.11 Å². The fourth-order valence-corrected chi connectivity index (χ4v) is 2.77. The quantitative estimate of drug-likeness (QED) is 0.559. The van der Waals surface area contributed by atoms with Crippen LogP contribution in [0.2, 0.25) is 0 Å². The molecule has 1 saturated heterocycles. The molecule has 1 aliphatic rings. The molecule has 0 aromatic carbocycles. The standard InChI is InChI=1S/C15H32N2O2/c1-3-5-8-17(9-10-18)13-15(6-11-19-14-15)12-16-7-4-2/h16,18H,3-14H2,1-2H3. The zero-order valence-corrected chi connectivity index (χ0v) is 12.8. The van der Waals surface area contributed by atoms with Crippen LogP contribution in [0, 0.1) is 5.41 Å². The van der Waals surface area contributed by atoms with Crippen molar-refractivity contribution in [3.8, 4) is 0 Å². The summed E-state index contributed by atoms with van der Waals surface area (Å²) in [6, 6.07) is 0. The Labute approximate surface area is 118 Å². The summed E-state index contributed by atoms with van der Waals surface area (Å²) < 4.78 is 5.65. The molecule has 0 radical (unpaired) electrons. The maximum atomic E-state index is 9.22. The third-order valence-corrected chi connectivity index (χ3v) is 3.91. The van der Waals surface area contributed by atoms with Crippen LogP contribution in [-0.4, -0.2) is 62.6 Å². The molecule has 4 nitrogen and oxygen atoms in total. The molecule has 0 aliphatic carbocycles. The van der Waals surface area contributed by atoms with E-state index < -0.39 is 0 Å². The number of unbranched alkanes of at least 4 members (excludes halogenated alkanes) is 1. The van der Waals surface area contributed by atoms with Crippen molar-refractivity contribution in [1.82, 2.24) is 10.2 Å². The van der Waals surface area contributed by atoms with Crippen LogP contribution in [0.3, 0.4) is 0 Å². The lowest BCUT2D eigenvalue weighted by atomic mass is 9.86. The summed E-state index contributed by atoms with van der Waals surface area (Å²) in [5.74, 6) is 0. The van der Waals surface area contributed by atoms with Gasteiger partial charge in [-0.05, 0) is 32.4 Å². The molecule has 0 aromatic rings. The number of hydrogen-bond acceptors (Lipinski definition) is 4. The van der Waals surface area contributed by atoms with Crippen LogP contribution in [0.25, 0.3) is 0 Å². The second-order valence-corrected chi connectivity index (χ2v) is 5.83. The number of aliphatic hydroxyl groups excluding tert-OH is 1. The van der Waals surface area contributed by atoms with Crippen molar-refractivity contribution in [2.24, 2.45) is 5.41 Å². The normalized spacial score (nSPS) is 23.4. The van der Waals surface area contributed by atoms with E-state index in [1.54, 1.807) is 0 Å². The molecule has 1 unspecified atom stereocenters. The second kappa shape index (κ2) is 9.70. The zero-order valence-electron chi connectivity index (χ0n) is 12.8. The van der Waals surface area contributed by atoms with E-state index in [2.05, 4.69) is 24.1 Å². The summed E-state index contributed by atoms with van der Waals surface area (Å²) >= 11 is 0. The molecule has 0 bridgehead atoms. The number of rotatable bonds is 11. The van der Waals surface area contributed by atoms with Crippen molar-refractivity contribution in [3.63, 3.8) is 0 Å². The van der Waals surface area contributed by atoms with Gasteiger partial charge in [-0.15, -0.1) is 0 Å². The summed E-state index contributed by atoms with van der Waals surface area (Å²) in [5.41, 5.74) is 0.248. The molecule has 114 valence electrons. The van der Waals surface area contributed by atoms with E-state index in [0.29, 0.717) is 0 Å². The van der Waals surface area contributed by atoms with Gasteiger partial charge in [-0.25, -0.2) is 0 Å². The van der Waals surface area contributed by atoms with Gasteiger partial charge in [-0.2, -0.15) is 0 Å². The van der Waals surface area contributed by atoms with Crippen LogP contribution < -0.4 is 5.32 Å². The average molecular weight is 272 g/mol. The van der Waals surface area contributed by atoms with Crippen LogP contribution >= 0.6 is 0 Å². The first-order valence-electron chi connectivity index (χ1n) is 7.88. The minimum absolute atomic E-state index is 0.248. The fraction of sp³-hybridized carbons (Fsp3) is 1.00. The summed E-state index contributed by atoms with van der Waals surface area (Å²) in [6.45, 7) is 11.5. The molecule has 1 aliphatic heterocycles. The van der Waals surface area contributed by atoms with Crippen molar-refractivity contribution in [2.75, 3.05) is 52.5 Å². The summed E-state index contributed by atoms with van der Waals surface area (Å²) in [5, 5.41) is 12.8. The van der Waals surface area contributed by atoms with Gasteiger partial charge in [0, 0.05) is 31.7 Å². The van der Waals surface area contributed by atoms with E-state index in [1.165, 1.54) is 19.3 Å². The molecule has 19 heavy (non-hydrogen) atoms. The highest BCUT2D eigenvalue weighted by Crippen LogP contribution is 2.29. The molecule has 1 heterocycles. The van der Waals surface area contributed by atoms with Crippen LogP contribution in [0.5, 0.6) is 0 Å². The molecule has 0 amide bonds. The Morgan fingerprint density at radius 3 is 2.68 bits per heavy atom. The minimum atomic E-state index is 0.248. The Bertz CT molecular complexity index is 218. The molecular formula is C15H32N2O2. The third kappa shape index (κ3) is 6.21. The lowest BCUT2D eigenvalue weighted by molar-refractivity contribution is 0.0960.